The number of nitriles is 1. The number of amides is 2. The Labute approximate surface area is 141 Å². The summed E-state index contributed by atoms with van der Waals surface area (Å²) in [4.78, 5) is 28.3. The predicted octanol–water partition coefficient (Wildman–Crippen LogP) is 1.14. The van der Waals surface area contributed by atoms with Crippen molar-refractivity contribution in [1.29, 1.82) is 5.26 Å². The summed E-state index contributed by atoms with van der Waals surface area (Å²) < 4.78 is 0. The van der Waals surface area contributed by atoms with Crippen LogP contribution >= 0.6 is 0 Å². The highest BCUT2D eigenvalue weighted by Gasteiger charge is 2.48. The number of carbonyl (C=O) groups is 2. The van der Waals surface area contributed by atoms with E-state index in [1.807, 2.05) is 38.1 Å². The molecule has 3 rings (SSSR count). The maximum atomic E-state index is 12.7. The molecule has 1 aromatic rings. The van der Waals surface area contributed by atoms with Crippen molar-refractivity contribution < 1.29 is 14.7 Å². The van der Waals surface area contributed by atoms with Crippen LogP contribution in [-0.2, 0) is 9.59 Å². The van der Waals surface area contributed by atoms with Gasteiger partial charge in [0.25, 0.3) is 0 Å². The molecule has 0 aromatic heterocycles. The smallest absolute Gasteiger partial charge is 0.239 e. The van der Waals surface area contributed by atoms with E-state index in [2.05, 4.69) is 0 Å². The lowest BCUT2D eigenvalue weighted by Crippen LogP contribution is -2.64. The molecule has 2 aliphatic heterocycles. The highest BCUT2D eigenvalue weighted by Crippen LogP contribution is 2.31. The molecule has 0 radical (unpaired) electrons. The van der Waals surface area contributed by atoms with Gasteiger partial charge in [-0.25, -0.2) is 0 Å². The number of rotatable bonds is 3. The third-order valence-electron chi connectivity index (χ3n) is 4.71. The minimum absolute atomic E-state index is 0.00405. The Morgan fingerprint density at radius 1 is 1.33 bits per heavy atom. The molecule has 2 heterocycles. The molecule has 1 N–H and O–H groups in total. The van der Waals surface area contributed by atoms with E-state index in [0.29, 0.717) is 13.0 Å². The summed E-state index contributed by atoms with van der Waals surface area (Å²) in [6.07, 6.45) is 0.488. The van der Waals surface area contributed by atoms with Gasteiger partial charge in [-0.1, -0.05) is 6.07 Å². The van der Waals surface area contributed by atoms with Gasteiger partial charge in [-0.15, -0.1) is 0 Å². The van der Waals surface area contributed by atoms with Crippen molar-refractivity contribution >= 4 is 17.5 Å². The number of aryl methyl sites for hydroxylation is 2. The first kappa shape index (κ1) is 16.5. The first-order valence-corrected chi connectivity index (χ1v) is 8.11. The van der Waals surface area contributed by atoms with Crippen LogP contribution in [0.3, 0.4) is 0 Å². The lowest BCUT2D eigenvalue weighted by Gasteiger charge is -2.45. The Morgan fingerprint density at radius 3 is 2.54 bits per heavy atom. The highest BCUT2D eigenvalue weighted by molar-refractivity contribution is 6.09. The van der Waals surface area contributed by atoms with E-state index in [-0.39, 0.29) is 31.3 Å². The van der Waals surface area contributed by atoms with Crippen LogP contribution in [0.1, 0.15) is 24.0 Å². The van der Waals surface area contributed by atoms with E-state index in [1.165, 1.54) is 4.90 Å². The van der Waals surface area contributed by atoms with E-state index >= 15 is 0 Å². The lowest BCUT2D eigenvalue weighted by molar-refractivity contribution is -0.160. The van der Waals surface area contributed by atoms with E-state index in [4.69, 9.17) is 5.26 Å². The predicted molar refractivity (Wildman–Crippen MR) is 88.1 cm³/mol. The van der Waals surface area contributed by atoms with E-state index < -0.39 is 11.5 Å². The highest BCUT2D eigenvalue weighted by atomic mass is 16.3. The fourth-order valence-corrected chi connectivity index (χ4v) is 3.57. The van der Waals surface area contributed by atoms with Gasteiger partial charge in [0.15, 0.2) is 0 Å². The quantitative estimate of drug-likeness (QED) is 0.844. The summed E-state index contributed by atoms with van der Waals surface area (Å²) >= 11 is 0. The molecule has 6 nitrogen and oxygen atoms in total. The van der Waals surface area contributed by atoms with Gasteiger partial charge in [-0.2, -0.15) is 5.26 Å². The maximum absolute atomic E-state index is 12.7. The second kappa shape index (κ2) is 5.91. The first-order valence-electron chi connectivity index (χ1n) is 8.11. The van der Waals surface area contributed by atoms with Gasteiger partial charge in [0.2, 0.25) is 11.8 Å². The fourth-order valence-electron chi connectivity index (χ4n) is 3.57. The molecule has 0 spiro atoms. The third-order valence-corrected chi connectivity index (χ3v) is 4.71. The minimum Gasteiger partial charge on any atom is -0.385 e. The van der Waals surface area contributed by atoms with Gasteiger partial charge >= 0.3 is 0 Å². The number of anilines is 1. The number of aliphatic hydroxyl groups is 1. The zero-order valence-corrected chi connectivity index (χ0v) is 14.0. The molecule has 126 valence electrons. The van der Waals surface area contributed by atoms with Crippen LogP contribution in [0.15, 0.2) is 18.2 Å². The molecule has 0 bridgehead atoms. The first-order chi connectivity index (χ1) is 11.3. The molecule has 0 saturated carbocycles. The molecule has 1 atom stereocenters. The second-order valence-electron chi connectivity index (χ2n) is 6.93. The van der Waals surface area contributed by atoms with Crippen LogP contribution in [0.2, 0.25) is 0 Å². The van der Waals surface area contributed by atoms with Crippen molar-refractivity contribution in [3.05, 3.63) is 29.3 Å². The maximum Gasteiger partial charge on any atom is 0.239 e. The van der Waals surface area contributed by atoms with Crippen LogP contribution in [0.5, 0.6) is 0 Å². The Bertz CT molecular complexity index is 711. The summed E-state index contributed by atoms with van der Waals surface area (Å²) in [7, 11) is 0. The number of β-amino-alcohol motifs (C(OH)–C–C–N with tert-alkyl or cyclic N) is 1. The van der Waals surface area contributed by atoms with E-state index in [0.717, 1.165) is 16.8 Å². The zero-order valence-electron chi connectivity index (χ0n) is 14.0. The summed E-state index contributed by atoms with van der Waals surface area (Å²) in [5, 5.41) is 18.7. The van der Waals surface area contributed by atoms with Crippen molar-refractivity contribution in [2.75, 3.05) is 24.5 Å². The molecule has 0 aliphatic carbocycles. The summed E-state index contributed by atoms with van der Waals surface area (Å²) in [5.74, 6) is -1.10. The molecule has 6 heteroatoms. The summed E-state index contributed by atoms with van der Waals surface area (Å²) in [6.45, 7) is 4.75. The van der Waals surface area contributed by atoms with Gasteiger partial charge in [0, 0.05) is 12.2 Å². The molecular weight excluding hydrogens is 306 g/mol. The van der Waals surface area contributed by atoms with Crippen molar-refractivity contribution in [2.45, 2.75) is 32.3 Å². The second-order valence-corrected chi connectivity index (χ2v) is 6.93. The molecule has 2 fully saturated rings. The van der Waals surface area contributed by atoms with Gasteiger partial charge < -0.3 is 14.9 Å². The van der Waals surface area contributed by atoms with Crippen LogP contribution in [0.25, 0.3) is 0 Å². The number of carbonyl (C=O) groups excluding carboxylic acids is 2. The van der Waals surface area contributed by atoms with Gasteiger partial charge in [-0.3, -0.25) is 9.59 Å². The Hall–Kier alpha value is -2.39. The van der Waals surface area contributed by atoms with Crippen LogP contribution < -0.4 is 4.90 Å². The third kappa shape index (κ3) is 2.87. The average Bonchev–Trinajstić information content (AvgIpc) is 2.85. The van der Waals surface area contributed by atoms with E-state index in [9.17, 15) is 14.7 Å². The molecular formula is C18H21N3O3. The Morgan fingerprint density at radius 2 is 1.96 bits per heavy atom. The van der Waals surface area contributed by atoms with Crippen molar-refractivity contribution in [2.24, 2.45) is 5.92 Å². The lowest BCUT2D eigenvalue weighted by atomic mass is 9.89. The van der Waals surface area contributed by atoms with Gasteiger partial charge in [-0.05, 0) is 43.5 Å². The molecule has 2 aliphatic rings. The fraction of sp³-hybridized carbons (Fsp3) is 0.500. The Balaban J connectivity index is 1.69. The number of hydrogen-bond acceptors (Lipinski definition) is 4. The normalized spacial score (nSPS) is 22.2. The number of likely N-dealkylation sites (tertiary alicyclic amines) is 1. The van der Waals surface area contributed by atoms with Crippen LogP contribution in [-0.4, -0.2) is 47.1 Å². The van der Waals surface area contributed by atoms with Crippen molar-refractivity contribution in [1.82, 2.24) is 4.90 Å². The van der Waals surface area contributed by atoms with Crippen molar-refractivity contribution in [3.63, 3.8) is 0 Å². The largest absolute Gasteiger partial charge is 0.385 e. The molecule has 1 unspecified atom stereocenters. The minimum atomic E-state index is -1.11. The van der Waals surface area contributed by atoms with Gasteiger partial charge in [0.05, 0.1) is 25.6 Å². The van der Waals surface area contributed by atoms with Crippen LogP contribution in [0, 0.1) is 31.1 Å². The standard InChI is InChI=1S/C18H21N3O3/c1-12-7-13(2)9-14(8-12)21-6-3-15(17(21)23)16(22)20-10-18(24,11-20)4-5-19/h7-9,15,24H,3-4,6,10-11H2,1-2H3. The molecule has 2 saturated heterocycles. The van der Waals surface area contributed by atoms with Gasteiger partial charge in [0.1, 0.15) is 11.5 Å². The van der Waals surface area contributed by atoms with Crippen LogP contribution in [0.4, 0.5) is 5.69 Å². The number of nitrogens with zero attached hydrogens (tertiary/aromatic N) is 3. The number of hydrogen-bond donors (Lipinski definition) is 1. The Kier molecular flexibility index (Phi) is 4.06. The van der Waals surface area contributed by atoms with E-state index in [1.54, 1.807) is 4.90 Å². The monoisotopic (exact) mass is 327 g/mol. The average molecular weight is 327 g/mol. The summed E-state index contributed by atoms with van der Waals surface area (Å²) in [6, 6.07) is 7.87. The zero-order chi connectivity index (χ0) is 17.5. The topological polar surface area (TPSA) is 84.6 Å². The molecule has 2 amide bonds. The number of benzene rings is 1. The SMILES string of the molecule is Cc1cc(C)cc(N2CCC(C(=O)N3CC(O)(CC#N)C3)C2=O)c1. The summed E-state index contributed by atoms with van der Waals surface area (Å²) in [5.41, 5.74) is 1.88. The van der Waals surface area contributed by atoms with Crippen molar-refractivity contribution in [3.8, 4) is 6.07 Å². The molecule has 24 heavy (non-hydrogen) atoms. The molecule has 1 aromatic carbocycles.